The van der Waals surface area contributed by atoms with Crippen molar-refractivity contribution in [3.05, 3.63) is 11.8 Å². The van der Waals surface area contributed by atoms with Gasteiger partial charge in [-0.15, -0.1) is 0 Å². The van der Waals surface area contributed by atoms with E-state index in [1.807, 2.05) is 40.7 Å². The first kappa shape index (κ1) is 18.8. The molecular formula is C16H30N2O4. The summed E-state index contributed by atoms with van der Waals surface area (Å²) in [4.78, 5) is 19.2. The molecule has 1 amide bonds. The third-order valence-corrected chi connectivity index (χ3v) is 3.77. The lowest BCUT2D eigenvalue weighted by molar-refractivity contribution is -0.176. The van der Waals surface area contributed by atoms with Crippen LogP contribution in [0.2, 0.25) is 0 Å². The number of rotatable bonds is 4. The van der Waals surface area contributed by atoms with Crippen LogP contribution in [-0.2, 0) is 9.57 Å². The SMILES string of the molecule is CC(C)(C)OC(=O)N1CC=C(NOC(C)(C)C(C)(C)O)CC1. The van der Waals surface area contributed by atoms with Crippen molar-refractivity contribution >= 4 is 6.09 Å². The number of ether oxygens (including phenoxy) is 1. The molecule has 1 heterocycles. The predicted octanol–water partition coefficient (Wildman–Crippen LogP) is 2.58. The highest BCUT2D eigenvalue weighted by Gasteiger charge is 2.37. The number of carbonyl (C=O) groups is 1. The first-order chi connectivity index (χ1) is 9.82. The summed E-state index contributed by atoms with van der Waals surface area (Å²) in [6.45, 7) is 13.6. The maximum absolute atomic E-state index is 12.0. The minimum atomic E-state index is -0.974. The second-order valence-corrected chi connectivity index (χ2v) is 7.68. The Morgan fingerprint density at radius 1 is 1.23 bits per heavy atom. The monoisotopic (exact) mass is 314 g/mol. The van der Waals surface area contributed by atoms with Gasteiger partial charge in [0.2, 0.25) is 0 Å². The van der Waals surface area contributed by atoms with Crippen molar-refractivity contribution in [2.45, 2.75) is 71.7 Å². The fourth-order valence-corrected chi connectivity index (χ4v) is 1.57. The van der Waals surface area contributed by atoms with Crippen LogP contribution in [0.5, 0.6) is 0 Å². The maximum atomic E-state index is 12.0. The number of hydrogen-bond donors (Lipinski definition) is 2. The molecule has 0 spiro atoms. The molecule has 6 heteroatoms. The Bertz CT molecular complexity index is 430. The highest BCUT2D eigenvalue weighted by atomic mass is 16.7. The largest absolute Gasteiger partial charge is 0.444 e. The lowest BCUT2D eigenvalue weighted by Crippen LogP contribution is -2.50. The molecule has 0 aromatic carbocycles. The number of amides is 1. The van der Waals surface area contributed by atoms with Gasteiger partial charge in [0.1, 0.15) is 11.2 Å². The Labute approximate surface area is 133 Å². The second-order valence-electron chi connectivity index (χ2n) is 7.68. The van der Waals surface area contributed by atoms with Crippen LogP contribution in [0.25, 0.3) is 0 Å². The first-order valence-corrected chi connectivity index (χ1v) is 7.65. The number of aliphatic hydroxyl groups is 1. The number of nitrogens with one attached hydrogen (secondary N) is 1. The van der Waals surface area contributed by atoms with Gasteiger partial charge in [0.05, 0.1) is 5.60 Å². The summed E-state index contributed by atoms with van der Waals surface area (Å²) in [5.74, 6) is 0. The van der Waals surface area contributed by atoms with Gasteiger partial charge >= 0.3 is 6.09 Å². The van der Waals surface area contributed by atoms with E-state index in [0.717, 1.165) is 5.70 Å². The van der Waals surface area contributed by atoms with Crippen LogP contribution in [0.1, 0.15) is 54.9 Å². The normalized spacial score (nSPS) is 17.1. The Morgan fingerprint density at radius 3 is 2.23 bits per heavy atom. The van der Waals surface area contributed by atoms with Crippen molar-refractivity contribution in [3.8, 4) is 0 Å². The third-order valence-electron chi connectivity index (χ3n) is 3.77. The molecule has 0 saturated carbocycles. The van der Waals surface area contributed by atoms with E-state index in [9.17, 15) is 9.90 Å². The lowest BCUT2D eigenvalue weighted by atomic mass is 9.90. The minimum absolute atomic E-state index is 0.305. The summed E-state index contributed by atoms with van der Waals surface area (Å²) < 4.78 is 5.34. The van der Waals surface area contributed by atoms with Gasteiger partial charge < -0.3 is 14.7 Å². The van der Waals surface area contributed by atoms with E-state index in [4.69, 9.17) is 9.57 Å². The fourth-order valence-electron chi connectivity index (χ4n) is 1.57. The van der Waals surface area contributed by atoms with Crippen molar-refractivity contribution in [1.29, 1.82) is 0 Å². The van der Waals surface area contributed by atoms with Crippen LogP contribution >= 0.6 is 0 Å². The van der Waals surface area contributed by atoms with Crippen LogP contribution in [0.4, 0.5) is 4.79 Å². The molecule has 0 unspecified atom stereocenters. The van der Waals surface area contributed by atoms with Crippen LogP contribution < -0.4 is 5.48 Å². The molecule has 0 saturated heterocycles. The van der Waals surface area contributed by atoms with E-state index in [1.54, 1.807) is 18.7 Å². The Balaban J connectivity index is 2.50. The highest BCUT2D eigenvalue weighted by molar-refractivity contribution is 5.68. The summed E-state index contributed by atoms with van der Waals surface area (Å²) in [7, 11) is 0. The lowest BCUT2D eigenvalue weighted by Gasteiger charge is -2.37. The number of carbonyl (C=O) groups excluding carboxylic acids is 1. The van der Waals surface area contributed by atoms with E-state index < -0.39 is 16.8 Å². The van der Waals surface area contributed by atoms with Gasteiger partial charge in [-0.1, -0.05) is 0 Å². The number of nitrogens with zero attached hydrogens (tertiary/aromatic N) is 1. The van der Waals surface area contributed by atoms with Gasteiger partial charge in [-0.3, -0.25) is 10.3 Å². The zero-order valence-electron chi connectivity index (χ0n) is 14.8. The third kappa shape index (κ3) is 5.50. The standard InChI is InChI=1S/C16H30N2O4/c1-14(2,3)21-13(19)18-10-8-12(9-11-18)17-22-16(6,7)15(4,5)20/h8,17,20H,9-11H2,1-7H3. The molecule has 1 rings (SSSR count). The predicted molar refractivity (Wildman–Crippen MR) is 85.1 cm³/mol. The molecule has 1 aliphatic heterocycles. The smallest absolute Gasteiger partial charge is 0.410 e. The van der Waals surface area contributed by atoms with Crippen molar-refractivity contribution in [2.75, 3.05) is 13.1 Å². The molecule has 1 aliphatic rings. The molecule has 6 nitrogen and oxygen atoms in total. The number of hydroxylamine groups is 1. The Morgan fingerprint density at radius 2 is 1.82 bits per heavy atom. The molecule has 0 atom stereocenters. The molecule has 0 aliphatic carbocycles. The second kappa shape index (κ2) is 6.46. The minimum Gasteiger partial charge on any atom is -0.444 e. The average Bonchev–Trinajstić information content (AvgIpc) is 2.33. The van der Waals surface area contributed by atoms with Gasteiger partial charge in [0, 0.05) is 25.2 Å². The van der Waals surface area contributed by atoms with Crippen LogP contribution in [-0.4, -0.2) is 46.0 Å². The molecule has 0 bridgehead atoms. The van der Waals surface area contributed by atoms with Crippen molar-refractivity contribution in [3.63, 3.8) is 0 Å². The quantitative estimate of drug-likeness (QED) is 0.781. The summed E-state index contributed by atoms with van der Waals surface area (Å²) in [5.41, 5.74) is 1.60. The van der Waals surface area contributed by atoms with Crippen LogP contribution in [0, 0.1) is 0 Å². The summed E-state index contributed by atoms with van der Waals surface area (Å²) in [6.07, 6.45) is 2.25. The number of hydrogen-bond acceptors (Lipinski definition) is 5. The van der Waals surface area contributed by atoms with Gasteiger partial charge in [-0.05, 0) is 54.5 Å². The van der Waals surface area contributed by atoms with Crippen molar-refractivity contribution < 1.29 is 19.5 Å². The zero-order chi connectivity index (χ0) is 17.2. The molecule has 128 valence electrons. The zero-order valence-corrected chi connectivity index (χ0v) is 14.8. The summed E-state index contributed by atoms with van der Waals surface area (Å²) >= 11 is 0. The molecule has 0 radical (unpaired) electrons. The van der Waals surface area contributed by atoms with E-state index in [0.29, 0.717) is 19.5 Å². The molecular weight excluding hydrogens is 284 g/mol. The highest BCUT2D eigenvalue weighted by Crippen LogP contribution is 2.24. The molecule has 0 aromatic heterocycles. The topological polar surface area (TPSA) is 71.0 Å². The molecule has 0 aromatic rings. The summed E-state index contributed by atoms with van der Waals surface area (Å²) in [5, 5.41) is 10.0. The fraction of sp³-hybridized carbons (Fsp3) is 0.812. The van der Waals surface area contributed by atoms with E-state index >= 15 is 0 Å². The van der Waals surface area contributed by atoms with E-state index in [2.05, 4.69) is 5.48 Å². The van der Waals surface area contributed by atoms with Gasteiger partial charge in [0.25, 0.3) is 0 Å². The Hall–Kier alpha value is -1.27. The van der Waals surface area contributed by atoms with Crippen LogP contribution in [0.15, 0.2) is 11.8 Å². The molecule has 22 heavy (non-hydrogen) atoms. The molecule has 2 N–H and O–H groups in total. The van der Waals surface area contributed by atoms with Gasteiger partial charge in [0.15, 0.2) is 0 Å². The van der Waals surface area contributed by atoms with Crippen molar-refractivity contribution in [1.82, 2.24) is 10.4 Å². The van der Waals surface area contributed by atoms with Gasteiger partial charge in [-0.25, -0.2) is 4.79 Å². The van der Waals surface area contributed by atoms with E-state index in [-0.39, 0.29) is 6.09 Å². The Kier molecular flexibility index (Phi) is 5.51. The maximum Gasteiger partial charge on any atom is 0.410 e. The van der Waals surface area contributed by atoms with Crippen LogP contribution in [0.3, 0.4) is 0 Å². The summed E-state index contributed by atoms with van der Waals surface area (Å²) in [6, 6.07) is 0. The first-order valence-electron chi connectivity index (χ1n) is 7.65. The van der Waals surface area contributed by atoms with Gasteiger partial charge in [-0.2, -0.15) is 0 Å². The average molecular weight is 314 g/mol. The molecule has 0 fully saturated rings. The van der Waals surface area contributed by atoms with E-state index in [1.165, 1.54) is 0 Å². The van der Waals surface area contributed by atoms with Crippen molar-refractivity contribution in [2.24, 2.45) is 0 Å².